The molecule has 3 heteroatoms. The molecule has 0 fully saturated rings. The lowest BCUT2D eigenvalue weighted by Crippen LogP contribution is -2.05. The van der Waals surface area contributed by atoms with Gasteiger partial charge in [-0.1, -0.05) is 24.3 Å². The first-order chi connectivity index (χ1) is 7.81. The van der Waals surface area contributed by atoms with Gasteiger partial charge >= 0.3 is 5.97 Å². The molecule has 0 unspecified atom stereocenters. The van der Waals surface area contributed by atoms with E-state index in [1.807, 2.05) is 30.3 Å². The summed E-state index contributed by atoms with van der Waals surface area (Å²) in [6.07, 6.45) is 3.55. The van der Waals surface area contributed by atoms with Gasteiger partial charge in [-0.05, 0) is 17.2 Å². The molecule has 3 nitrogen and oxygen atoms in total. The molecule has 1 aromatic heterocycles. The third kappa shape index (κ3) is 2.14. The quantitative estimate of drug-likeness (QED) is 0.740. The summed E-state index contributed by atoms with van der Waals surface area (Å²) < 4.78 is 9.70. The van der Waals surface area contributed by atoms with Crippen molar-refractivity contribution in [3.8, 4) is 11.1 Å². The average Bonchev–Trinajstić information content (AvgIpc) is 2.83. The molecule has 0 amide bonds. The van der Waals surface area contributed by atoms with Crippen LogP contribution >= 0.6 is 0 Å². The van der Waals surface area contributed by atoms with Crippen molar-refractivity contribution in [1.29, 1.82) is 0 Å². The predicted octanol–water partition coefficient (Wildman–Crippen LogP) is 2.66. The third-order valence-electron chi connectivity index (χ3n) is 2.41. The Morgan fingerprint density at radius 3 is 2.81 bits per heavy atom. The zero-order valence-corrected chi connectivity index (χ0v) is 8.97. The Kier molecular flexibility index (Phi) is 3.05. The van der Waals surface area contributed by atoms with Crippen LogP contribution in [0.4, 0.5) is 0 Å². The maximum Gasteiger partial charge on any atom is 0.309 e. The predicted molar refractivity (Wildman–Crippen MR) is 59.9 cm³/mol. The smallest absolute Gasteiger partial charge is 0.309 e. The average molecular weight is 216 g/mol. The van der Waals surface area contributed by atoms with Crippen molar-refractivity contribution in [2.45, 2.75) is 6.42 Å². The van der Waals surface area contributed by atoms with Crippen molar-refractivity contribution in [3.05, 3.63) is 48.4 Å². The van der Waals surface area contributed by atoms with Gasteiger partial charge in [-0.25, -0.2) is 0 Å². The summed E-state index contributed by atoms with van der Waals surface area (Å²) in [5.41, 5.74) is 2.91. The molecule has 82 valence electrons. The number of methoxy groups -OCH3 is 1. The van der Waals surface area contributed by atoms with Crippen LogP contribution < -0.4 is 0 Å². The summed E-state index contributed by atoms with van der Waals surface area (Å²) in [6, 6.07) is 9.59. The van der Waals surface area contributed by atoms with Crippen LogP contribution in [0.1, 0.15) is 5.56 Å². The van der Waals surface area contributed by atoms with Crippen LogP contribution in [0.25, 0.3) is 11.1 Å². The molecule has 0 aliphatic heterocycles. The second kappa shape index (κ2) is 4.66. The molecule has 1 heterocycles. The van der Waals surface area contributed by atoms with Crippen molar-refractivity contribution >= 4 is 5.97 Å². The minimum atomic E-state index is -0.240. The molecule has 0 aliphatic rings. The van der Waals surface area contributed by atoms with E-state index < -0.39 is 0 Å². The molecule has 0 bridgehead atoms. The molecule has 2 rings (SSSR count). The van der Waals surface area contributed by atoms with E-state index in [0.717, 1.165) is 16.7 Å². The molecule has 0 atom stereocenters. The van der Waals surface area contributed by atoms with Crippen LogP contribution in [-0.4, -0.2) is 13.1 Å². The molecule has 0 radical (unpaired) electrons. The Bertz CT molecular complexity index is 472. The van der Waals surface area contributed by atoms with Gasteiger partial charge < -0.3 is 9.15 Å². The van der Waals surface area contributed by atoms with E-state index in [2.05, 4.69) is 4.74 Å². The summed E-state index contributed by atoms with van der Waals surface area (Å²) in [4.78, 5) is 11.3. The Morgan fingerprint density at radius 1 is 1.31 bits per heavy atom. The standard InChI is InChI=1S/C13H12O3/c1-15-13(14)8-10-4-2-3-5-12(10)11-6-7-16-9-11/h2-7,9H,8H2,1H3. The number of ether oxygens (including phenoxy) is 1. The highest BCUT2D eigenvalue weighted by Gasteiger charge is 2.09. The second-order valence-corrected chi connectivity index (χ2v) is 3.42. The second-order valence-electron chi connectivity index (χ2n) is 3.42. The zero-order valence-electron chi connectivity index (χ0n) is 8.97. The summed E-state index contributed by atoms with van der Waals surface area (Å²) in [5, 5.41) is 0. The first kappa shape index (κ1) is 10.5. The molecular weight excluding hydrogens is 204 g/mol. The van der Waals surface area contributed by atoms with Gasteiger partial charge in [0.2, 0.25) is 0 Å². The topological polar surface area (TPSA) is 39.4 Å². The van der Waals surface area contributed by atoms with Crippen LogP contribution in [-0.2, 0) is 16.0 Å². The van der Waals surface area contributed by atoms with Crippen LogP contribution in [0.2, 0.25) is 0 Å². The lowest BCUT2D eigenvalue weighted by Gasteiger charge is -2.06. The molecule has 0 aliphatic carbocycles. The van der Waals surface area contributed by atoms with E-state index in [1.54, 1.807) is 12.5 Å². The summed E-state index contributed by atoms with van der Waals surface area (Å²) in [6.45, 7) is 0. The van der Waals surface area contributed by atoms with Gasteiger partial charge in [0.05, 0.1) is 26.1 Å². The maximum absolute atomic E-state index is 11.3. The monoisotopic (exact) mass is 216 g/mol. The van der Waals surface area contributed by atoms with Gasteiger partial charge in [-0.2, -0.15) is 0 Å². The minimum absolute atomic E-state index is 0.240. The largest absolute Gasteiger partial charge is 0.472 e. The number of furan rings is 1. The van der Waals surface area contributed by atoms with Crippen LogP contribution in [0.5, 0.6) is 0 Å². The van der Waals surface area contributed by atoms with E-state index in [-0.39, 0.29) is 12.4 Å². The molecule has 16 heavy (non-hydrogen) atoms. The summed E-state index contributed by atoms with van der Waals surface area (Å²) >= 11 is 0. The highest BCUT2D eigenvalue weighted by Crippen LogP contribution is 2.24. The summed E-state index contributed by atoms with van der Waals surface area (Å²) in [7, 11) is 1.39. The zero-order chi connectivity index (χ0) is 11.4. The number of carbonyl (C=O) groups is 1. The first-order valence-electron chi connectivity index (χ1n) is 4.98. The highest BCUT2D eigenvalue weighted by atomic mass is 16.5. The molecule has 0 spiro atoms. The molecule has 0 saturated carbocycles. The lowest BCUT2D eigenvalue weighted by molar-refractivity contribution is -0.139. The van der Waals surface area contributed by atoms with Gasteiger partial charge in [0.25, 0.3) is 0 Å². The van der Waals surface area contributed by atoms with Crippen molar-refractivity contribution in [2.75, 3.05) is 7.11 Å². The van der Waals surface area contributed by atoms with Gasteiger partial charge in [0.15, 0.2) is 0 Å². The minimum Gasteiger partial charge on any atom is -0.472 e. The van der Waals surface area contributed by atoms with Crippen LogP contribution in [0, 0.1) is 0 Å². The fourth-order valence-corrected chi connectivity index (χ4v) is 1.60. The van der Waals surface area contributed by atoms with Crippen molar-refractivity contribution in [3.63, 3.8) is 0 Å². The molecule has 1 aromatic carbocycles. The van der Waals surface area contributed by atoms with Gasteiger partial charge in [0, 0.05) is 5.56 Å². The van der Waals surface area contributed by atoms with Gasteiger partial charge in [-0.15, -0.1) is 0 Å². The third-order valence-corrected chi connectivity index (χ3v) is 2.41. The highest BCUT2D eigenvalue weighted by molar-refractivity contribution is 5.77. The van der Waals surface area contributed by atoms with Gasteiger partial charge in [-0.3, -0.25) is 4.79 Å². The molecule has 2 aromatic rings. The Morgan fingerprint density at radius 2 is 2.12 bits per heavy atom. The van der Waals surface area contributed by atoms with Crippen LogP contribution in [0.15, 0.2) is 47.3 Å². The Balaban J connectivity index is 2.35. The normalized spacial score (nSPS) is 10.1. The number of benzene rings is 1. The SMILES string of the molecule is COC(=O)Cc1ccccc1-c1ccoc1. The number of rotatable bonds is 3. The van der Waals surface area contributed by atoms with E-state index in [0.29, 0.717) is 0 Å². The lowest BCUT2D eigenvalue weighted by atomic mass is 10.00. The molecular formula is C13H12O3. The number of hydrogen-bond donors (Lipinski definition) is 0. The molecule has 0 saturated heterocycles. The van der Waals surface area contributed by atoms with E-state index in [9.17, 15) is 4.79 Å². The van der Waals surface area contributed by atoms with Crippen molar-refractivity contribution in [2.24, 2.45) is 0 Å². The fourth-order valence-electron chi connectivity index (χ4n) is 1.60. The van der Waals surface area contributed by atoms with E-state index >= 15 is 0 Å². The van der Waals surface area contributed by atoms with E-state index in [1.165, 1.54) is 7.11 Å². The number of hydrogen-bond acceptors (Lipinski definition) is 3. The Hall–Kier alpha value is -2.03. The number of esters is 1. The number of carbonyl (C=O) groups excluding carboxylic acids is 1. The van der Waals surface area contributed by atoms with Crippen molar-refractivity contribution < 1.29 is 13.9 Å². The van der Waals surface area contributed by atoms with E-state index in [4.69, 9.17) is 4.42 Å². The molecule has 0 N–H and O–H groups in total. The van der Waals surface area contributed by atoms with Crippen molar-refractivity contribution in [1.82, 2.24) is 0 Å². The van der Waals surface area contributed by atoms with Gasteiger partial charge in [0.1, 0.15) is 0 Å². The first-order valence-corrected chi connectivity index (χ1v) is 4.98. The Labute approximate surface area is 93.7 Å². The fraction of sp³-hybridized carbons (Fsp3) is 0.154. The van der Waals surface area contributed by atoms with Crippen LogP contribution in [0.3, 0.4) is 0 Å². The maximum atomic E-state index is 11.3. The summed E-state index contributed by atoms with van der Waals surface area (Å²) in [5.74, 6) is -0.240.